The second-order valence-electron chi connectivity index (χ2n) is 4.38. The van der Waals surface area contributed by atoms with Gasteiger partial charge in [-0.2, -0.15) is 0 Å². The van der Waals surface area contributed by atoms with Crippen molar-refractivity contribution < 1.29 is 13.6 Å². The first-order chi connectivity index (χ1) is 10.6. The molecule has 3 aromatic rings. The van der Waals surface area contributed by atoms with Crippen LogP contribution in [0.3, 0.4) is 0 Å². The van der Waals surface area contributed by atoms with Crippen LogP contribution in [0.15, 0.2) is 48.8 Å². The second-order valence-corrected chi connectivity index (χ2v) is 4.38. The first kappa shape index (κ1) is 13.8. The number of hydrogen-bond acceptors (Lipinski definition) is 4. The van der Waals surface area contributed by atoms with E-state index in [1.54, 1.807) is 24.3 Å². The Kier molecular flexibility index (Phi) is 3.57. The normalized spacial score (nSPS) is 10.5. The number of amides is 1. The zero-order chi connectivity index (χ0) is 15.5. The van der Waals surface area contributed by atoms with E-state index in [9.17, 15) is 13.6 Å². The Morgan fingerprint density at radius 2 is 2.00 bits per heavy atom. The molecule has 0 aliphatic rings. The number of nitrogens with zero attached hydrogens (tertiary/aromatic N) is 4. The molecule has 0 saturated heterocycles. The molecule has 1 heterocycles. The predicted octanol–water partition coefficient (Wildman–Crippen LogP) is 2.19. The summed E-state index contributed by atoms with van der Waals surface area (Å²) in [4.78, 5) is 12.0. The molecule has 1 aromatic heterocycles. The number of carbonyl (C=O) groups excluding carboxylic acids is 1. The number of anilines is 1. The molecule has 6 nitrogen and oxygen atoms in total. The number of hydrogen-bond donors (Lipinski definition) is 1. The minimum atomic E-state index is -0.922. The van der Waals surface area contributed by atoms with Gasteiger partial charge in [-0.3, -0.25) is 4.79 Å². The lowest BCUT2D eigenvalue weighted by Gasteiger charge is -2.07. The fourth-order valence-corrected chi connectivity index (χ4v) is 1.88. The Hall–Kier alpha value is -3.16. The van der Waals surface area contributed by atoms with Crippen molar-refractivity contribution in [3.63, 3.8) is 0 Å². The van der Waals surface area contributed by atoms with Gasteiger partial charge in [0.15, 0.2) is 0 Å². The SMILES string of the molecule is O=C(Nc1cccc(-n2cnnn2)c1)c1ccc(F)cc1F. The predicted molar refractivity (Wildman–Crippen MR) is 73.5 cm³/mol. The van der Waals surface area contributed by atoms with Crippen molar-refractivity contribution in [2.45, 2.75) is 0 Å². The van der Waals surface area contributed by atoms with Crippen LogP contribution in [0.1, 0.15) is 10.4 Å². The molecule has 1 N–H and O–H groups in total. The largest absolute Gasteiger partial charge is 0.322 e. The van der Waals surface area contributed by atoms with Gasteiger partial charge in [-0.25, -0.2) is 13.5 Å². The first-order valence-electron chi connectivity index (χ1n) is 6.23. The van der Waals surface area contributed by atoms with Gasteiger partial charge in [0.05, 0.1) is 11.3 Å². The zero-order valence-electron chi connectivity index (χ0n) is 11.1. The second kappa shape index (κ2) is 5.68. The van der Waals surface area contributed by atoms with Gasteiger partial charge in [-0.15, -0.1) is 5.10 Å². The van der Waals surface area contributed by atoms with Crippen LogP contribution < -0.4 is 5.32 Å². The lowest BCUT2D eigenvalue weighted by Crippen LogP contribution is -2.14. The van der Waals surface area contributed by atoms with Crippen LogP contribution in [0, 0.1) is 11.6 Å². The minimum absolute atomic E-state index is 0.241. The lowest BCUT2D eigenvalue weighted by molar-refractivity contribution is 0.102. The van der Waals surface area contributed by atoms with Crippen molar-refractivity contribution in [2.75, 3.05) is 5.32 Å². The average molecular weight is 301 g/mol. The van der Waals surface area contributed by atoms with E-state index in [1.165, 1.54) is 11.0 Å². The van der Waals surface area contributed by atoms with Crippen molar-refractivity contribution in [1.29, 1.82) is 0 Å². The molecule has 0 aliphatic heterocycles. The molecular formula is C14H9F2N5O. The molecule has 22 heavy (non-hydrogen) atoms. The van der Waals surface area contributed by atoms with Crippen LogP contribution in [-0.4, -0.2) is 26.1 Å². The van der Waals surface area contributed by atoms with Gasteiger partial charge in [-0.05, 0) is 40.8 Å². The van der Waals surface area contributed by atoms with Crippen molar-refractivity contribution in [3.05, 3.63) is 66.0 Å². The van der Waals surface area contributed by atoms with E-state index < -0.39 is 17.5 Å². The van der Waals surface area contributed by atoms with Gasteiger partial charge >= 0.3 is 0 Å². The number of halogens is 2. The smallest absolute Gasteiger partial charge is 0.258 e. The molecule has 0 atom stereocenters. The molecular weight excluding hydrogens is 292 g/mol. The maximum atomic E-state index is 13.6. The van der Waals surface area contributed by atoms with E-state index in [1.807, 2.05) is 0 Å². The Bertz CT molecular complexity index is 820. The monoisotopic (exact) mass is 301 g/mol. The molecule has 110 valence electrons. The highest BCUT2D eigenvalue weighted by molar-refractivity contribution is 6.04. The Morgan fingerprint density at radius 3 is 2.73 bits per heavy atom. The number of rotatable bonds is 3. The molecule has 2 aromatic carbocycles. The van der Waals surface area contributed by atoms with Crippen molar-refractivity contribution in [1.82, 2.24) is 20.2 Å². The third-order valence-electron chi connectivity index (χ3n) is 2.89. The molecule has 1 amide bonds. The van der Waals surface area contributed by atoms with Crippen LogP contribution in [0.25, 0.3) is 5.69 Å². The van der Waals surface area contributed by atoms with Crippen molar-refractivity contribution in [3.8, 4) is 5.69 Å². The molecule has 3 rings (SSSR count). The lowest BCUT2D eigenvalue weighted by atomic mass is 10.2. The molecule has 0 saturated carbocycles. The van der Waals surface area contributed by atoms with Crippen LogP contribution in [-0.2, 0) is 0 Å². The van der Waals surface area contributed by atoms with Crippen LogP contribution in [0.5, 0.6) is 0 Å². The third kappa shape index (κ3) is 2.80. The summed E-state index contributed by atoms with van der Waals surface area (Å²) in [6.45, 7) is 0. The van der Waals surface area contributed by atoms with Gasteiger partial charge in [0, 0.05) is 11.8 Å². The van der Waals surface area contributed by atoms with Crippen molar-refractivity contribution in [2.24, 2.45) is 0 Å². The summed E-state index contributed by atoms with van der Waals surface area (Å²) in [6, 6.07) is 9.45. The van der Waals surface area contributed by atoms with E-state index in [2.05, 4.69) is 20.8 Å². The van der Waals surface area contributed by atoms with Crippen LogP contribution >= 0.6 is 0 Å². The summed E-state index contributed by atoms with van der Waals surface area (Å²) >= 11 is 0. The molecule has 0 fully saturated rings. The standard InChI is InChI=1S/C14H9F2N5O/c15-9-4-5-12(13(16)6-9)14(22)18-10-2-1-3-11(7-10)21-8-17-19-20-21/h1-8H,(H,18,22). The van der Waals surface area contributed by atoms with Crippen LogP contribution in [0.4, 0.5) is 14.5 Å². The quantitative estimate of drug-likeness (QED) is 0.805. The van der Waals surface area contributed by atoms with E-state index in [0.29, 0.717) is 17.4 Å². The Balaban J connectivity index is 1.84. The number of nitrogens with one attached hydrogen (secondary N) is 1. The first-order valence-corrected chi connectivity index (χ1v) is 6.23. The average Bonchev–Trinajstić information content (AvgIpc) is 3.01. The van der Waals surface area contributed by atoms with Gasteiger partial charge in [-0.1, -0.05) is 6.07 Å². The summed E-state index contributed by atoms with van der Waals surface area (Å²) < 4.78 is 27.8. The highest BCUT2D eigenvalue weighted by Gasteiger charge is 2.13. The van der Waals surface area contributed by atoms with Gasteiger partial charge in [0.2, 0.25) is 0 Å². The molecule has 0 radical (unpaired) electrons. The molecule has 0 unspecified atom stereocenters. The van der Waals surface area contributed by atoms with E-state index >= 15 is 0 Å². The van der Waals surface area contributed by atoms with Gasteiger partial charge in [0.25, 0.3) is 5.91 Å². The summed E-state index contributed by atoms with van der Waals surface area (Å²) in [5.74, 6) is -2.34. The summed E-state index contributed by atoms with van der Waals surface area (Å²) in [5, 5.41) is 13.3. The Labute approximate surface area is 123 Å². The number of aromatic nitrogens is 4. The van der Waals surface area contributed by atoms with E-state index in [-0.39, 0.29) is 5.56 Å². The number of carbonyl (C=O) groups is 1. The summed E-state index contributed by atoms with van der Waals surface area (Å²) in [5.41, 5.74) is 0.818. The third-order valence-corrected chi connectivity index (χ3v) is 2.89. The van der Waals surface area contributed by atoms with E-state index in [0.717, 1.165) is 12.1 Å². The summed E-state index contributed by atoms with van der Waals surface area (Å²) in [7, 11) is 0. The maximum Gasteiger partial charge on any atom is 0.258 e. The minimum Gasteiger partial charge on any atom is -0.322 e. The number of tetrazole rings is 1. The highest BCUT2D eigenvalue weighted by Crippen LogP contribution is 2.16. The van der Waals surface area contributed by atoms with Gasteiger partial charge < -0.3 is 5.32 Å². The molecule has 0 bridgehead atoms. The summed E-state index contributed by atoms with van der Waals surface area (Å²) in [6.07, 6.45) is 1.40. The molecule has 0 spiro atoms. The van der Waals surface area contributed by atoms with Crippen molar-refractivity contribution >= 4 is 11.6 Å². The zero-order valence-corrected chi connectivity index (χ0v) is 11.1. The topological polar surface area (TPSA) is 72.7 Å². The number of benzene rings is 2. The molecule has 8 heteroatoms. The van der Waals surface area contributed by atoms with Crippen LogP contribution in [0.2, 0.25) is 0 Å². The highest BCUT2D eigenvalue weighted by atomic mass is 19.1. The fourth-order valence-electron chi connectivity index (χ4n) is 1.88. The Morgan fingerprint density at radius 1 is 1.14 bits per heavy atom. The maximum absolute atomic E-state index is 13.6. The fraction of sp³-hybridized carbons (Fsp3) is 0. The van der Waals surface area contributed by atoms with Gasteiger partial charge in [0.1, 0.15) is 18.0 Å². The molecule has 0 aliphatic carbocycles. The van der Waals surface area contributed by atoms with E-state index in [4.69, 9.17) is 0 Å².